The Hall–Kier alpha value is -2.01. The molecule has 0 aliphatic carbocycles. The first-order chi connectivity index (χ1) is 9.54. The van der Waals surface area contributed by atoms with Gasteiger partial charge in [0.1, 0.15) is 0 Å². The van der Waals surface area contributed by atoms with Gasteiger partial charge in [0.05, 0.1) is 12.3 Å². The predicted molar refractivity (Wildman–Crippen MR) is 77.5 cm³/mol. The van der Waals surface area contributed by atoms with E-state index in [1.54, 1.807) is 26.0 Å². The Labute approximate surface area is 121 Å². The molecule has 1 aliphatic heterocycles. The number of hydrogen-bond acceptors (Lipinski definition) is 4. The van der Waals surface area contributed by atoms with Crippen molar-refractivity contribution < 1.29 is 14.6 Å². The summed E-state index contributed by atoms with van der Waals surface area (Å²) in [6.45, 7) is 3.91. The first kappa shape index (κ1) is 14.4. The van der Waals surface area contributed by atoms with Gasteiger partial charge in [0, 0.05) is 10.6 Å². The summed E-state index contributed by atoms with van der Waals surface area (Å²) in [5, 5.41) is 12.9. The second-order valence-electron chi connectivity index (χ2n) is 4.23. The maximum absolute atomic E-state index is 11.5. The molecule has 0 bridgehead atoms. The summed E-state index contributed by atoms with van der Waals surface area (Å²) in [6.07, 6.45) is 0. The number of rotatable bonds is 2. The van der Waals surface area contributed by atoms with Crippen molar-refractivity contribution in [1.82, 2.24) is 5.32 Å². The number of carboxylic acids is 1. The van der Waals surface area contributed by atoms with Gasteiger partial charge in [-0.25, -0.2) is 9.79 Å². The molecule has 1 aromatic rings. The molecule has 0 amide bonds. The van der Waals surface area contributed by atoms with Crippen LogP contribution in [0.4, 0.5) is 0 Å². The Bertz CT molecular complexity index is 592. The lowest BCUT2D eigenvalue weighted by atomic mass is 9.98. The molecule has 2 rings (SSSR count). The molecule has 1 atom stereocenters. The summed E-state index contributed by atoms with van der Waals surface area (Å²) < 4.78 is 5.34. The monoisotopic (exact) mass is 294 g/mol. The Morgan fingerprint density at radius 3 is 2.80 bits per heavy atom. The van der Waals surface area contributed by atoms with Crippen molar-refractivity contribution >= 4 is 29.3 Å². The van der Waals surface area contributed by atoms with Gasteiger partial charge in [-0.1, -0.05) is 35.9 Å². The fourth-order valence-corrected chi connectivity index (χ4v) is 2.18. The van der Waals surface area contributed by atoms with E-state index in [0.29, 0.717) is 28.5 Å². The second kappa shape index (κ2) is 5.96. The van der Waals surface area contributed by atoms with Gasteiger partial charge in [-0.05, 0) is 19.4 Å². The van der Waals surface area contributed by atoms with E-state index < -0.39 is 12.0 Å². The van der Waals surface area contributed by atoms with Crippen molar-refractivity contribution in [3.63, 3.8) is 0 Å². The van der Waals surface area contributed by atoms with Crippen LogP contribution in [0.15, 0.2) is 34.3 Å². The summed E-state index contributed by atoms with van der Waals surface area (Å²) in [5.41, 5.74) is 1.90. The third-order valence-electron chi connectivity index (χ3n) is 2.86. The molecule has 1 heterocycles. The Morgan fingerprint density at radius 1 is 1.50 bits per heavy atom. The number of carbonyl (C=O) groups is 1. The lowest BCUT2D eigenvalue weighted by molar-refractivity contribution is -0.138. The van der Waals surface area contributed by atoms with Crippen LogP contribution in [0, 0.1) is 0 Å². The van der Waals surface area contributed by atoms with Gasteiger partial charge in [0.15, 0.2) is 6.04 Å². The van der Waals surface area contributed by atoms with E-state index in [1.165, 1.54) is 0 Å². The Kier molecular flexibility index (Phi) is 4.29. The zero-order chi connectivity index (χ0) is 14.7. The average Bonchev–Trinajstić information content (AvgIpc) is 2.57. The van der Waals surface area contributed by atoms with E-state index in [1.807, 2.05) is 12.1 Å². The molecule has 1 aromatic carbocycles. The minimum absolute atomic E-state index is 0.158. The molecule has 0 fully saturated rings. The number of carboxylic acid groups (broad SMARTS) is 1. The average molecular weight is 295 g/mol. The summed E-state index contributed by atoms with van der Waals surface area (Å²) in [6, 6.07) is 6.28. The molecule has 5 nitrogen and oxygen atoms in total. The van der Waals surface area contributed by atoms with Crippen LogP contribution in [0.5, 0.6) is 0 Å². The first-order valence-electron chi connectivity index (χ1n) is 6.20. The number of hydrogen-bond donors (Lipinski definition) is 2. The van der Waals surface area contributed by atoms with Crippen LogP contribution in [0.3, 0.4) is 0 Å². The number of nitrogens with one attached hydrogen (secondary N) is 1. The van der Waals surface area contributed by atoms with E-state index >= 15 is 0 Å². The molecule has 2 N–H and O–H groups in total. The molecule has 0 unspecified atom stereocenters. The minimum atomic E-state index is -1.04. The number of fused-ring (bicyclic) bond motifs is 1. The highest BCUT2D eigenvalue weighted by atomic mass is 35.5. The standard InChI is InChI=1S/C14H15ClN2O3/c1-3-20-14-16-11(8(2)15)9-6-4-5-7-10(9)12(17-14)13(18)19/h4-7,12H,3H2,1-2H3,(H,16,17)(H,18,19)/b11-8-/t12-/m0/s1. The number of aliphatic imine (C=N–C) groups is 1. The number of benzene rings is 1. The molecular weight excluding hydrogens is 280 g/mol. The number of amidine groups is 1. The van der Waals surface area contributed by atoms with Gasteiger partial charge in [0.25, 0.3) is 6.02 Å². The normalized spacial score (nSPS) is 20.1. The molecule has 0 saturated carbocycles. The molecule has 0 aromatic heterocycles. The van der Waals surface area contributed by atoms with E-state index in [0.717, 1.165) is 0 Å². The van der Waals surface area contributed by atoms with Gasteiger partial charge < -0.3 is 15.2 Å². The molecule has 0 saturated heterocycles. The number of halogens is 1. The van der Waals surface area contributed by atoms with Crippen LogP contribution in [0.1, 0.15) is 31.0 Å². The van der Waals surface area contributed by atoms with Gasteiger partial charge >= 0.3 is 5.97 Å². The third-order valence-corrected chi connectivity index (χ3v) is 3.05. The number of allylic oxidation sites excluding steroid dienone is 1. The van der Waals surface area contributed by atoms with Crippen LogP contribution >= 0.6 is 11.6 Å². The van der Waals surface area contributed by atoms with Crippen LogP contribution < -0.4 is 5.32 Å². The molecule has 0 radical (unpaired) electrons. The Morgan fingerprint density at radius 2 is 2.20 bits per heavy atom. The van der Waals surface area contributed by atoms with Crippen molar-refractivity contribution in [2.75, 3.05) is 6.61 Å². The number of nitrogens with zero attached hydrogens (tertiary/aromatic N) is 1. The van der Waals surface area contributed by atoms with E-state index in [2.05, 4.69) is 10.3 Å². The summed E-state index contributed by atoms with van der Waals surface area (Å²) in [4.78, 5) is 15.6. The summed E-state index contributed by atoms with van der Waals surface area (Å²) in [7, 11) is 0. The number of aliphatic carboxylic acids is 1. The highest BCUT2D eigenvalue weighted by Gasteiger charge is 2.28. The fourth-order valence-electron chi connectivity index (χ4n) is 2.03. The van der Waals surface area contributed by atoms with Crippen molar-refractivity contribution in [2.45, 2.75) is 19.9 Å². The summed E-state index contributed by atoms with van der Waals surface area (Å²) >= 11 is 6.11. The zero-order valence-electron chi connectivity index (χ0n) is 11.2. The van der Waals surface area contributed by atoms with Gasteiger partial charge in [0.2, 0.25) is 0 Å². The largest absolute Gasteiger partial charge is 0.479 e. The molecule has 6 heteroatoms. The third kappa shape index (κ3) is 2.77. The highest BCUT2D eigenvalue weighted by Crippen LogP contribution is 2.31. The fraction of sp³-hybridized carbons (Fsp3) is 0.286. The first-order valence-corrected chi connectivity index (χ1v) is 6.58. The summed E-state index contributed by atoms with van der Waals surface area (Å²) in [5.74, 6) is -1.04. The van der Waals surface area contributed by atoms with Crippen molar-refractivity contribution in [2.24, 2.45) is 4.99 Å². The smallest absolute Gasteiger partial charge is 0.333 e. The SMILES string of the molecule is CCOC1=N[C@H](C(=O)O)c2ccccc2/C(=C(\C)Cl)N1. The van der Waals surface area contributed by atoms with Gasteiger partial charge in [-0.2, -0.15) is 0 Å². The van der Waals surface area contributed by atoms with Gasteiger partial charge in [-0.3, -0.25) is 0 Å². The van der Waals surface area contributed by atoms with Crippen molar-refractivity contribution in [3.05, 3.63) is 40.4 Å². The topological polar surface area (TPSA) is 70.9 Å². The lowest BCUT2D eigenvalue weighted by Gasteiger charge is -2.13. The molecule has 0 spiro atoms. The van der Waals surface area contributed by atoms with Gasteiger partial charge in [-0.15, -0.1) is 0 Å². The van der Waals surface area contributed by atoms with E-state index in [-0.39, 0.29) is 6.02 Å². The Balaban J connectivity index is 2.63. The van der Waals surface area contributed by atoms with Crippen molar-refractivity contribution in [1.29, 1.82) is 0 Å². The number of ether oxygens (including phenoxy) is 1. The quantitative estimate of drug-likeness (QED) is 0.880. The molecular formula is C14H15ClN2O3. The van der Waals surface area contributed by atoms with Crippen LogP contribution in [0.2, 0.25) is 0 Å². The van der Waals surface area contributed by atoms with E-state index in [9.17, 15) is 9.90 Å². The van der Waals surface area contributed by atoms with Crippen LogP contribution in [-0.2, 0) is 9.53 Å². The zero-order valence-corrected chi connectivity index (χ0v) is 11.9. The second-order valence-corrected chi connectivity index (χ2v) is 4.80. The highest BCUT2D eigenvalue weighted by molar-refractivity contribution is 6.32. The maximum Gasteiger partial charge on any atom is 0.333 e. The van der Waals surface area contributed by atoms with Crippen molar-refractivity contribution in [3.8, 4) is 0 Å². The lowest BCUT2D eigenvalue weighted by Crippen LogP contribution is -2.24. The molecule has 20 heavy (non-hydrogen) atoms. The van der Waals surface area contributed by atoms with E-state index in [4.69, 9.17) is 16.3 Å². The van der Waals surface area contributed by atoms with Crippen LogP contribution in [-0.4, -0.2) is 23.7 Å². The van der Waals surface area contributed by atoms with Crippen LogP contribution in [0.25, 0.3) is 5.70 Å². The maximum atomic E-state index is 11.5. The molecule has 106 valence electrons. The predicted octanol–water partition coefficient (Wildman–Crippen LogP) is 2.74. The molecule has 1 aliphatic rings. The minimum Gasteiger partial charge on any atom is -0.479 e.